The van der Waals surface area contributed by atoms with Gasteiger partial charge in [0.1, 0.15) is 0 Å². The Bertz CT molecular complexity index is 331. The normalized spacial score (nSPS) is 33.1. The van der Waals surface area contributed by atoms with E-state index in [4.69, 9.17) is 5.73 Å². The van der Waals surface area contributed by atoms with Gasteiger partial charge >= 0.3 is 0 Å². The van der Waals surface area contributed by atoms with Crippen molar-refractivity contribution in [3.05, 3.63) is 0 Å². The predicted octanol–water partition coefficient (Wildman–Crippen LogP) is 1.56. The van der Waals surface area contributed by atoms with Crippen molar-refractivity contribution in [3.63, 3.8) is 0 Å². The highest BCUT2D eigenvalue weighted by Gasteiger charge is 2.38. The molecular formula is C15H28N2O2. The lowest BCUT2D eigenvalue weighted by molar-refractivity contribution is -0.127. The minimum Gasteiger partial charge on any atom is -0.388 e. The first-order chi connectivity index (χ1) is 8.81. The quantitative estimate of drug-likeness (QED) is 0.727. The minimum atomic E-state index is -0.714. The van der Waals surface area contributed by atoms with E-state index < -0.39 is 5.60 Å². The summed E-state index contributed by atoms with van der Waals surface area (Å²) in [6, 6.07) is -0.0000629. The Kier molecular flexibility index (Phi) is 4.21. The van der Waals surface area contributed by atoms with Gasteiger partial charge in [-0.25, -0.2) is 0 Å². The van der Waals surface area contributed by atoms with Crippen molar-refractivity contribution >= 4 is 5.91 Å². The van der Waals surface area contributed by atoms with E-state index in [2.05, 4.69) is 19.2 Å². The van der Waals surface area contributed by atoms with Crippen LogP contribution in [0.3, 0.4) is 0 Å². The zero-order valence-corrected chi connectivity index (χ0v) is 12.2. The first-order valence-electron chi connectivity index (χ1n) is 7.57. The fourth-order valence-corrected chi connectivity index (χ4v) is 3.27. The molecule has 2 fully saturated rings. The molecule has 2 saturated carbocycles. The van der Waals surface area contributed by atoms with Crippen LogP contribution in [0, 0.1) is 11.3 Å². The lowest BCUT2D eigenvalue weighted by Gasteiger charge is -2.40. The van der Waals surface area contributed by atoms with Crippen LogP contribution < -0.4 is 11.1 Å². The number of rotatable bonds is 3. The van der Waals surface area contributed by atoms with Gasteiger partial charge in [0.05, 0.1) is 11.5 Å². The van der Waals surface area contributed by atoms with Crippen molar-refractivity contribution in [1.29, 1.82) is 0 Å². The number of nitrogens with one attached hydrogen (secondary N) is 1. The molecule has 0 saturated heterocycles. The molecule has 0 aromatic heterocycles. The summed E-state index contributed by atoms with van der Waals surface area (Å²) in [7, 11) is 0. The molecule has 2 aliphatic carbocycles. The Balaban J connectivity index is 1.80. The number of hydrogen-bond donors (Lipinski definition) is 3. The van der Waals surface area contributed by atoms with Crippen LogP contribution in [0.25, 0.3) is 0 Å². The molecule has 0 heterocycles. The Morgan fingerprint density at radius 3 is 2.42 bits per heavy atom. The van der Waals surface area contributed by atoms with Gasteiger partial charge in [-0.2, -0.15) is 0 Å². The molecule has 0 radical (unpaired) electrons. The molecule has 4 nitrogen and oxygen atoms in total. The molecule has 0 aromatic carbocycles. The van der Waals surface area contributed by atoms with Gasteiger partial charge in [0.15, 0.2) is 0 Å². The summed E-state index contributed by atoms with van der Waals surface area (Å²) in [6.45, 7) is 4.86. The molecule has 2 rings (SSSR count). The van der Waals surface area contributed by atoms with Crippen LogP contribution in [0.4, 0.5) is 0 Å². The Hall–Kier alpha value is -0.610. The number of carbonyl (C=O) groups is 1. The molecule has 1 amide bonds. The maximum atomic E-state index is 12.1. The first kappa shape index (κ1) is 14.8. The van der Waals surface area contributed by atoms with E-state index in [0.717, 1.165) is 44.9 Å². The van der Waals surface area contributed by atoms with E-state index in [1.807, 2.05) is 0 Å². The van der Waals surface area contributed by atoms with Crippen molar-refractivity contribution in [1.82, 2.24) is 5.32 Å². The monoisotopic (exact) mass is 268 g/mol. The van der Waals surface area contributed by atoms with Crippen LogP contribution in [0.2, 0.25) is 0 Å². The Morgan fingerprint density at radius 1 is 1.26 bits per heavy atom. The molecule has 2 atom stereocenters. The van der Waals surface area contributed by atoms with Gasteiger partial charge in [0.25, 0.3) is 0 Å². The van der Waals surface area contributed by atoms with E-state index in [0.29, 0.717) is 12.0 Å². The number of nitrogens with two attached hydrogens (primary N) is 1. The SMILES string of the molecule is CC1(C)CCC(O)(CNC(=O)C2CCCC2N)CC1. The molecule has 110 valence electrons. The van der Waals surface area contributed by atoms with Crippen LogP contribution in [0.15, 0.2) is 0 Å². The van der Waals surface area contributed by atoms with Gasteiger partial charge in [-0.3, -0.25) is 4.79 Å². The molecule has 19 heavy (non-hydrogen) atoms. The largest absolute Gasteiger partial charge is 0.388 e. The summed E-state index contributed by atoms with van der Waals surface area (Å²) in [4.78, 5) is 12.1. The summed E-state index contributed by atoms with van der Waals surface area (Å²) in [5.74, 6) is -0.0214. The van der Waals surface area contributed by atoms with E-state index in [9.17, 15) is 9.90 Å². The van der Waals surface area contributed by atoms with Gasteiger partial charge < -0.3 is 16.2 Å². The highest BCUT2D eigenvalue weighted by Crippen LogP contribution is 2.39. The second-order valence-corrected chi connectivity index (χ2v) is 7.31. The molecule has 4 heteroatoms. The zero-order chi connectivity index (χ0) is 14.1. The van der Waals surface area contributed by atoms with Crippen molar-refractivity contribution in [3.8, 4) is 0 Å². The number of amides is 1. The Morgan fingerprint density at radius 2 is 1.89 bits per heavy atom. The molecule has 0 bridgehead atoms. The van der Waals surface area contributed by atoms with E-state index in [-0.39, 0.29) is 17.9 Å². The van der Waals surface area contributed by atoms with E-state index in [1.165, 1.54) is 0 Å². The second-order valence-electron chi connectivity index (χ2n) is 7.31. The van der Waals surface area contributed by atoms with Gasteiger partial charge in [-0.1, -0.05) is 20.3 Å². The van der Waals surface area contributed by atoms with Crippen LogP contribution in [-0.2, 0) is 4.79 Å². The van der Waals surface area contributed by atoms with Crippen LogP contribution >= 0.6 is 0 Å². The summed E-state index contributed by atoms with van der Waals surface area (Å²) >= 11 is 0. The topological polar surface area (TPSA) is 75.3 Å². The number of carbonyl (C=O) groups excluding carboxylic acids is 1. The van der Waals surface area contributed by atoms with Crippen molar-refractivity contribution < 1.29 is 9.90 Å². The lowest BCUT2D eigenvalue weighted by Crippen LogP contribution is -2.49. The smallest absolute Gasteiger partial charge is 0.224 e. The summed E-state index contributed by atoms with van der Waals surface area (Å²) in [5.41, 5.74) is 5.54. The maximum Gasteiger partial charge on any atom is 0.224 e. The van der Waals surface area contributed by atoms with Crippen LogP contribution in [0.1, 0.15) is 58.8 Å². The third kappa shape index (κ3) is 3.69. The van der Waals surface area contributed by atoms with Gasteiger partial charge in [-0.05, 0) is 43.9 Å². The average molecular weight is 268 g/mol. The standard InChI is InChI=1S/C15H28N2O2/c1-14(2)6-8-15(19,9-7-14)10-17-13(18)11-4-3-5-12(11)16/h11-12,19H,3-10,16H2,1-2H3,(H,17,18). The molecule has 0 spiro atoms. The first-order valence-corrected chi connectivity index (χ1v) is 7.57. The summed E-state index contributed by atoms with van der Waals surface area (Å²) < 4.78 is 0. The van der Waals surface area contributed by atoms with Crippen molar-refractivity contribution in [2.45, 2.75) is 70.4 Å². The van der Waals surface area contributed by atoms with E-state index in [1.54, 1.807) is 0 Å². The molecule has 0 aromatic rings. The Labute approximate surface area is 116 Å². The summed E-state index contributed by atoms with van der Waals surface area (Å²) in [5, 5.41) is 13.4. The maximum absolute atomic E-state index is 12.1. The lowest BCUT2D eigenvalue weighted by atomic mass is 9.71. The highest BCUT2D eigenvalue weighted by molar-refractivity contribution is 5.79. The predicted molar refractivity (Wildman–Crippen MR) is 75.5 cm³/mol. The number of aliphatic hydroxyl groups is 1. The molecule has 2 unspecified atom stereocenters. The minimum absolute atomic E-state index is 0.0000629. The van der Waals surface area contributed by atoms with Crippen LogP contribution in [0.5, 0.6) is 0 Å². The van der Waals surface area contributed by atoms with Gasteiger partial charge in [0, 0.05) is 12.6 Å². The molecular weight excluding hydrogens is 240 g/mol. The van der Waals surface area contributed by atoms with Gasteiger partial charge in [0.2, 0.25) is 5.91 Å². The fraction of sp³-hybridized carbons (Fsp3) is 0.933. The van der Waals surface area contributed by atoms with Crippen molar-refractivity contribution in [2.24, 2.45) is 17.1 Å². The fourth-order valence-electron chi connectivity index (χ4n) is 3.27. The average Bonchev–Trinajstić information content (AvgIpc) is 2.77. The molecule has 0 aliphatic heterocycles. The molecule has 2 aliphatic rings. The second kappa shape index (κ2) is 5.41. The number of hydrogen-bond acceptors (Lipinski definition) is 3. The zero-order valence-electron chi connectivity index (χ0n) is 12.2. The third-order valence-corrected chi connectivity index (χ3v) is 5.03. The summed E-state index contributed by atoms with van der Waals surface area (Å²) in [6.07, 6.45) is 6.45. The molecule has 4 N–H and O–H groups in total. The van der Waals surface area contributed by atoms with E-state index >= 15 is 0 Å². The third-order valence-electron chi connectivity index (χ3n) is 5.03. The highest BCUT2D eigenvalue weighted by atomic mass is 16.3. The van der Waals surface area contributed by atoms with Gasteiger partial charge in [-0.15, -0.1) is 0 Å². The van der Waals surface area contributed by atoms with Crippen molar-refractivity contribution in [2.75, 3.05) is 6.54 Å². The van der Waals surface area contributed by atoms with Crippen LogP contribution in [-0.4, -0.2) is 29.2 Å².